The second-order valence-corrected chi connectivity index (χ2v) is 8.20. The van der Waals surface area contributed by atoms with E-state index >= 15 is 0 Å². The van der Waals surface area contributed by atoms with Crippen molar-refractivity contribution in [2.45, 2.75) is 44.4 Å². The number of piperidine rings is 1. The molecule has 1 fully saturated rings. The number of H-pyrrole nitrogens is 1. The molecule has 1 aromatic heterocycles. The summed E-state index contributed by atoms with van der Waals surface area (Å²) in [7, 11) is 1.62. The summed E-state index contributed by atoms with van der Waals surface area (Å²) in [6, 6.07) is 7.61. The van der Waals surface area contributed by atoms with Crippen LogP contribution in [0.2, 0.25) is 0 Å². The molecule has 30 heavy (non-hydrogen) atoms. The van der Waals surface area contributed by atoms with Gasteiger partial charge in [-0.15, -0.1) is 0 Å². The number of ketones is 1. The zero-order chi connectivity index (χ0) is 20.7. The molecule has 0 unspecified atom stereocenters. The molecule has 0 bridgehead atoms. The molecule has 1 saturated heterocycles. The number of hydrogen-bond donors (Lipinski definition) is 2. The number of hydrogen-bond acceptors (Lipinski definition) is 6. The number of rotatable bonds is 3. The first-order chi connectivity index (χ1) is 14.7. The SMILES string of the molecule is COc1ccc([C@H]2C3=C(CCCC3=O)Nc3nc(N4CCCCC4)[nH]c(=O)c32)cc1. The topological polar surface area (TPSA) is 87.3 Å². The van der Waals surface area contributed by atoms with E-state index in [9.17, 15) is 9.59 Å². The third-order valence-electron chi connectivity index (χ3n) is 6.35. The molecular formula is C23H26N4O3. The lowest BCUT2D eigenvalue weighted by Gasteiger charge is -2.34. The molecule has 0 saturated carbocycles. The summed E-state index contributed by atoms with van der Waals surface area (Å²) < 4.78 is 5.28. The Bertz CT molecular complexity index is 1060. The number of nitrogens with one attached hydrogen (secondary N) is 2. The van der Waals surface area contributed by atoms with E-state index in [4.69, 9.17) is 9.72 Å². The lowest BCUT2D eigenvalue weighted by molar-refractivity contribution is -0.116. The van der Waals surface area contributed by atoms with Crippen LogP contribution in [0.1, 0.15) is 55.6 Å². The molecular weight excluding hydrogens is 380 g/mol. The van der Waals surface area contributed by atoms with Crippen molar-refractivity contribution in [2.24, 2.45) is 0 Å². The van der Waals surface area contributed by atoms with E-state index in [0.717, 1.165) is 55.8 Å². The van der Waals surface area contributed by atoms with E-state index < -0.39 is 5.92 Å². The van der Waals surface area contributed by atoms with E-state index in [2.05, 4.69) is 15.2 Å². The van der Waals surface area contributed by atoms with Gasteiger partial charge >= 0.3 is 0 Å². The molecule has 1 aromatic carbocycles. The van der Waals surface area contributed by atoms with Gasteiger partial charge in [0.2, 0.25) is 5.95 Å². The number of benzene rings is 1. The second kappa shape index (κ2) is 7.63. The highest BCUT2D eigenvalue weighted by atomic mass is 16.5. The minimum atomic E-state index is -0.415. The Hall–Kier alpha value is -3.09. The summed E-state index contributed by atoms with van der Waals surface area (Å²) in [6.45, 7) is 1.80. The van der Waals surface area contributed by atoms with Crippen LogP contribution in [0.4, 0.5) is 11.8 Å². The van der Waals surface area contributed by atoms with E-state index in [0.29, 0.717) is 29.3 Å². The van der Waals surface area contributed by atoms with Gasteiger partial charge in [0, 0.05) is 36.7 Å². The number of fused-ring (bicyclic) bond motifs is 1. The molecule has 0 spiro atoms. The monoisotopic (exact) mass is 406 g/mol. The van der Waals surface area contributed by atoms with Gasteiger partial charge in [-0.25, -0.2) is 0 Å². The van der Waals surface area contributed by atoms with Crippen molar-refractivity contribution >= 4 is 17.5 Å². The average Bonchev–Trinajstić information content (AvgIpc) is 2.78. The molecule has 3 aliphatic rings. The van der Waals surface area contributed by atoms with Crippen molar-refractivity contribution in [3.05, 3.63) is 57.0 Å². The number of carbonyl (C=O) groups is 1. The van der Waals surface area contributed by atoms with Crippen LogP contribution in [0, 0.1) is 0 Å². The smallest absolute Gasteiger partial charge is 0.258 e. The zero-order valence-electron chi connectivity index (χ0n) is 17.2. The number of anilines is 2. The number of aromatic amines is 1. The molecule has 2 aromatic rings. The van der Waals surface area contributed by atoms with Crippen molar-refractivity contribution in [1.82, 2.24) is 9.97 Å². The summed E-state index contributed by atoms with van der Waals surface area (Å²) in [5.74, 6) is 1.63. The first kappa shape index (κ1) is 18.9. The molecule has 0 radical (unpaired) electrons. The van der Waals surface area contributed by atoms with Gasteiger partial charge in [-0.05, 0) is 49.8 Å². The first-order valence-electron chi connectivity index (χ1n) is 10.7. The van der Waals surface area contributed by atoms with Gasteiger partial charge in [-0.1, -0.05) is 12.1 Å². The highest BCUT2D eigenvalue weighted by molar-refractivity contribution is 6.00. The van der Waals surface area contributed by atoms with Crippen molar-refractivity contribution in [2.75, 3.05) is 30.4 Å². The minimum Gasteiger partial charge on any atom is -0.497 e. The van der Waals surface area contributed by atoms with Crippen LogP contribution >= 0.6 is 0 Å². The number of nitrogens with zero attached hydrogens (tertiary/aromatic N) is 2. The highest BCUT2D eigenvalue weighted by Crippen LogP contribution is 2.43. The van der Waals surface area contributed by atoms with E-state index in [1.54, 1.807) is 7.11 Å². The van der Waals surface area contributed by atoms with Gasteiger partial charge in [-0.3, -0.25) is 14.6 Å². The van der Waals surface area contributed by atoms with Crippen molar-refractivity contribution in [3.63, 3.8) is 0 Å². The second-order valence-electron chi connectivity index (χ2n) is 8.20. The van der Waals surface area contributed by atoms with Crippen LogP contribution < -0.4 is 20.5 Å². The first-order valence-corrected chi connectivity index (χ1v) is 10.7. The number of ether oxygens (including phenoxy) is 1. The van der Waals surface area contributed by atoms with Crippen molar-refractivity contribution < 1.29 is 9.53 Å². The van der Waals surface area contributed by atoms with Gasteiger partial charge in [0.25, 0.3) is 5.56 Å². The molecule has 3 heterocycles. The molecule has 1 atom stereocenters. The minimum absolute atomic E-state index is 0.106. The van der Waals surface area contributed by atoms with Crippen LogP contribution in [0.3, 0.4) is 0 Å². The maximum atomic E-state index is 13.3. The van der Waals surface area contributed by atoms with Crippen LogP contribution in [-0.4, -0.2) is 36.0 Å². The maximum Gasteiger partial charge on any atom is 0.258 e. The van der Waals surface area contributed by atoms with Gasteiger partial charge in [0.1, 0.15) is 11.6 Å². The Morgan fingerprint density at radius 1 is 1.03 bits per heavy atom. The highest BCUT2D eigenvalue weighted by Gasteiger charge is 2.38. The van der Waals surface area contributed by atoms with Crippen molar-refractivity contribution in [1.29, 1.82) is 0 Å². The molecule has 0 amide bonds. The number of methoxy groups -OCH3 is 1. The Kier molecular flexibility index (Phi) is 4.81. The zero-order valence-corrected chi connectivity index (χ0v) is 17.2. The Morgan fingerprint density at radius 2 is 1.80 bits per heavy atom. The fourth-order valence-corrected chi connectivity index (χ4v) is 4.83. The van der Waals surface area contributed by atoms with Crippen LogP contribution in [0.5, 0.6) is 5.75 Å². The quantitative estimate of drug-likeness (QED) is 0.813. The van der Waals surface area contributed by atoms with Gasteiger partial charge in [0.05, 0.1) is 12.7 Å². The summed E-state index contributed by atoms with van der Waals surface area (Å²) >= 11 is 0. The largest absolute Gasteiger partial charge is 0.497 e. The third-order valence-corrected chi connectivity index (χ3v) is 6.35. The van der Waals surface area contributed by atoms with Gasteiger partial charge in [0.15, 0.2) is 5.78 Å². The summed E-state index contributed by atoms with van der Waals surface area (Å²) in [4.78, 5) is 36.2. The standard InChI is InChI=1S/C23H26N4O3/c1-30-15-10-8-14(9-11-15)18-19-16(6-5-7-17(19)28)24-21-20(18)22(29)26-23(25-21)27-12-3-2-4-13-27/h8-11,18H,2-7,12-13H2,1H3,(H2,24,25,26,29)/t18-/m0/s1. The lowest BCUT2D eigenvalue weighted by Crippen LogP contribution is -2.36. The maximum absolute atomic E-state index is 13.3. The van der Waals surface area contributed by atoms with Crippen LogP contribution in [0.15, 0.2) is 40.3 Å². The Balaban J connectivity index is 1.65. The normalized spacial score (nSPS) is 21.0. The molecule has 7 heteroatoms. The van der Waals surface area contributed by atoms with E-state index in [-0.39, 0.29) is 11.3 Å². The summed E-state index contributed by atoms with van der Waals surface area (Å²) in [5, 5.41) is 3.35. The fourth-order valence-electron chi connectivity index (χ4n) is 4.83. The Morgan fingerprint density at radius 3 is 2.53 bits per heavy atom. The molecule has 2 aliphatic heterocycles. The predicted molar refractivity (Wildman–Crippen MR) is 115 cm³/mol. The van der Waals surface area contributed by atoms with E-state index in [1.807, 2.05) is 24.3 Å². The summed E-state index contributed by atoms with van der Waals surface area (Å²) in [5.41, 5.74) is 2.85. The van der Waals surface area contributed by atoms with Gasteiger partial charge < -0.3 is 15.0 Å². The molecule has 2 N–H and O–H groups in total. The molecule has 7 nitrogen and oxygen atoms in total. The van der Waals surface area contributed by atoms with Crippen molar-refractivity contribution in [3.8, 4) is 5.75 Å². The fraction of sp³-hybridized carbons (Fsp3) is 0.435. The van der Waals surface area contributed by atoms with Crippen LogP contribution in [0.25, 0.3) is 0 Å². The van der Waals surface area contributed by atoms with Gasteiger partial charge in [-0.2, -0.15) is 4.98 Å². The van der Waals surface area contributed by atoms with Crippen LogP contribution in [-0.2, 0) is 4.79 Å². The molecule has 5 rings (SSSR count). The molecule has 156 valence electrons. The molecule has 1 aliphatic carbocycles. The lowest BCUT2D eigenvalue weighted by atomic mass is 9.76. The predicted octanol–water partition coefficient (Wildman–Crippen LogP) is 3.33. The number of aromatic nitrogens is 2. The number of allylic oxidation sites excluding steroid dienone is 2. The third kappa shape index (κ3) is 3.18. The average molecular weight is 406 g/mol. The van der Waals surface area contributed by atoms with E-state index in [1.165, 1.54) is 6.42 Å². The Labute approximate surface area is 175 Å². The summed E-state index contributed by atoms with van der Waals surface area (Å²) in [6.07, 6.45) is 5.54. The number of Topliss-reactive ketones (excluding diaryl/α,β-unsaturated/α-hetero) is 1. The number of carbonyl (C=O) groups excluding carboxylic acids is 1.